The van der Waals surface area contributed by atoms with E-state index in [9.17, 15) is 14.0 Å². The summed E-state index contributed by atoms with van der Waals surface area (Å²) in [7, 11) is 1.41. The molecule has 0 bridgehead atoms. The molecule has 0 fully saturated rings. The molecule has 0 N–H and O–H groups in total. The van der Waals surface area contributed by atoms with Crippen LogP contribution in [0.15, 0.2) is 12.1 Å². The molecule has 4 nitrogen and oxygen atoms in total. The summed E-state index contributed by atoms with van der Waals surface area (Å²) in [4.78, 5) is 22.9. The Morgan fingerprint density at radius 2 is 2.06 bits per heavy atom. The Bertz CT molecular complexity index is 473. The Hall–Kier alpha value is -1.18. The molecular formula is C12H12FIO4. The van der Waals surface area contributed by atoms with Crippen molar-refractivity contribution in [2.45, 2.75) is 13.3 Å². The Morgan fingerprint density at radius 3 is 2.61 bits per heavy atom. The van der Waals surface area contributed by atoms with Gasteiger partial charge < -0.3 is 9.47 Å². The number of carbonyl (C=O) groups excluding carboxylic acids is 2. The van der Waals surface area contributed by atoms with Gasteiger partial charge in [0.25, 0.3) is 0 Å². The smallest absolute Gasteiger partial charge is 0.313 e. The van der Waals surface area contributed by atoms with Crippen molar-refractivity contribution < 1.29 is 23.5 Å². The second-order valence-corrected chi connectivity index (χ2v) is 4.53. The number of ether oxygens (including phenoxy) is 2. The lowest BCUT2D eigenvalue weighted by Crippen LogP contribution is -2.13. The highest BCUT2D eigenvalue weighted by Gasteiger charge is 2.18. The molecule has 1 rings (SSSR count). The fourth-order valence-electron chi connectivity index (χ4n) is 1.34. The van der Waals surface area contributed by atoms with Crippen molar-refractivity contribution in [1.82, 2.24) is 0 Å². The second kappa shape index (κ2) is 6.67. The number of rotatable bonds is 5. The average molecular weight is 366 g/mol. The van der Waals surface area contributed by atoms with E-state index in [1.54, 1.807) is 6.92 Å². The molecular weight excluding hydrogens is 354 g/mol. The van der Waals surface area contributed by atoms with E-state index in [4.69, 9.17) is 4.74 Å². The van der Waals surface area contributed by atoms with Crippen LogP contribution < -0.4 is 4.74 Å². The molecule has 0 aliphatic rings. The van der Waals surface area contributed by atoms with Crippen LogP contribution >= 0.6 is 22.6 Å². The van der Waals surface area contributed by atoms with Gasteiger partial charge in [-0.25, -0.2) is 4.39 Å². The van der Waals surface area contributed by atoms with Gasteiger partial charge in [-0.1, -0.05) is 0 Å². The van der Waals surface area contributed by atoms with Crippen LogP contribution in [0.5, 0.6) is 5.75 Å². The highest BCUT2D eigenvalue weighted by molar-refractivity contribution is 14.1. The predicted molar refractivity (Wildman–Crippen MR) is 71.2 cm³/mol. The Labute approximate surface area is 118 Å². The van der Waals surface area contributed by atoms with E-state index in [0.29, 0.717) is 9.32 Å². The number of methoxy groups -OCH3 is 1. The first-order valence-corrected chi connectivity index (χ1v) is 6.29. The molecule has 6 heteroatoms. The summed E-state index contributed by atoms with van der Waals surface area (Å²) in [5.74, 6) is -1.62. The Balaban J connectivity index is 2.93. The molecule has 0 atom stereocenters. The summed E-state index contributed by atoms with van der Waals surface area (Å²) < 4.78 is 23.8. The lowest BCUT2D eigenvalue weighted by atomic mass is 10.1. The molecule has 18 heavy (non-hydrogen) atoms. The minimum atomic E-state index is -0.707. The van der Waals surface area contributed by atoms with Crippen LogP contribution in [0.1, 0.15) is 23.7 Å². The number of benzene rings is 1. The first-order chi connectivity index (χ1) is 8.49. The van der Waals surface area contributed by atoms with Crippen molar-refractivity contribution in [3.63, 3.8) is 0 Å². The SMILES string of the molecule is CCOC(=O)CC(=O)c1cc(I)c(OC)cc1F. The van der Waals surface area contributed by atoms with Crippen LogP contribution in [0.3, 0.4) is 0 Å². The first kappa shape index (κ1) is 14.9. The molecule has 0 unspecified atom stereocenters. The Kier molecular flexibility index (Phi) is 5.52. The summed E-state index contributed by atoms with van der Waals surface area (Å²) in [5, 5.41) is 0. The number of hydrogen-bond donors (Lipinski definition) is 0. The predicted octanol–water partition coefficient (Wildman–Crippen LogP) is 2.57. The maximum Gasteiger partial charge on any atom is 0.313 e. The topological polar surface area (TPSA) is 52.6 Å². The normalized spacial score (nSPS) is 10.0. The largest absolute Gasteiger partial charge is 0.496 e. The van der Waals surface area contributed by atoms with E-state index in [0.717, 1.165) is 6.07 Å². The molecule has 0 spiro atoms. The zero-order valence-electron chi connectivity index (χ0n) is 9.96. The maximum absolute atomic E-state index is 13.6. The minimum Gasteiger partial charge on any atom is -0.496 e. The molecule has 0 aromatic heterocycles. The van der Waals surface area contributed by atoms with Crippen LogP contribution in [0.4, 0.5) is 4.39 Å². The van der Waals surface area contributed by atoms with Gasteiger partial charge in [0.15, 0.2) is 5.78 Å². The van der Waals surface area contributed by atoms with Gasteiger partial charge in [-0.2, -0.15) is 0 Å². The first-order valence-electron chi connectivity index (χ1n) is 5.21. The third-order valence-electron chi connectivity index (χ3n) is 2.15. The summed E-state index contributed by atoms with van der Waals surface area (Å²) in [6.07, 6.45) is -0.465. The van der Waals surface area contributed by atoms with E-state index in [1.807, 2.05) is 22.6 Å². The third kappa shape index (κ3) is 3.66. The summed E-state index contributed by atoms with van der Waals surface area (Å²) in [6.45, 7) is 1.83. The minimum absolute atomic E-state index is 0.131. The van der Waals surface area contributed by atoms with Gasteiger partial charge >= 0.3 is 5.97 Å². The fourth-order valence-corrected chi connectivity index (χ4v) is 2.02. The van der Waals surface area contributed by atoms with Crippen molar-refractivity contribution in [1.29, 1.82) is 0 Å². The average Bonchev–Trinajstić information content (AvgIpc) is 2.31. The van der Waals surface area contributed by atoms with Crippen molar-refractivity contribution in [3.05, 3.63) is 27.1 Å². The van der Waals surface area contributed by atoms with E-state index in [2.05, 4.69) is 4.74 Å². The van der Waals surface area contributed by atoms with Crippen molar-refractivity contribution in [2.24, 2.45) is 0 Å². The zero-order chi connectivity index (χ0) is 13.7. The molecule has 0 radical (unpaired) electrons. The number of ketones is 1. The van der Waals surface area contributed by atoms with Gasteiger partial charge in [0.05, 0.1) is 22.9 Å². The van der Waals surface area contributed by atoms with Crippen molar-refractivity contribution >= 4 is 34.3 Å². The number of Topliss-reactive ketones (excluding diaryl/α,β-unsaturated/α-hetero) is 1. The van der Waals surface area contributed by atoms with Gasteiger partial charge in [-0.3, -0.25) is 9.59 Å². The van der Waals surface area contributed by atoms with Gasteiger partial charge in [0, 0.05) is 6.07 Å². The van der Waals surface area contributed by atoms with Crippen molar-refractivity contribution in [2.75, 3.05) is 13.7 Å². The number of halogens is 2. The van der Waals surface area contributed by atoms with Gasteiger partial charge in [-0.15, -0.1) is 0 Å². The maximum atomic E-state index is 13.6. The summed E-state index contributed by atoms with van der Waals surface area (Å²) >= 11 is 1.93. The molecule has 0 amide bonds. The van der Waals surface area contributed by atoms with Crippen LogP contribution in [-0.4, -0.2) is 25.5 Å². The fraction of sp³-hybridized carbons (Fsp3) is 0.333. The molecule has 1 aromatic rings. The van der Waals surface area contributed by atoms with Gasteiger partial charge in [-0.05, 0) is 35.6 Å². The second-order valence-electron chi connectivity index (χ2n) is 3.37. The van der Waals surface area contributed by atoms with E-state index >= 15 is 0 Å². The zero-order valence-corrected chi connectivity index (χ0v) is 12.1. The highest BCUT2D eigenvalue weighted by atomic mass is 127. The monoisotopic (exact) mass is 366 g/mol. The van der Waals surface area contributed by atoms with Gasteiger partial charge in [0.1, 0.15) is 18.0 Å². The number of esters is 1. The summed E-state index contributed by atoms with van der Waals surface area (Å²) in [6, 6.07) is 2.48. The lowest BCUT2D eigenvalue weighted by Gasteiger charge is -2.07. The highest BCUT2D eigenvalue weighted by Crippen LogP contribution is 2.25. The molecule has 0 heterocycles. The van der Waals surface area contributed by atoms with E-state index in [1.165, 1.54) is 13.2 Å². The molecule has 1 aromatic carbocycles. The molecule has 0 aliphatic heterocycles. The van der Waals surface area contributed by atoms with Crippen LogP contribution in [0, 0.1) is 9.39 Å². The van der Waals surface area contributed by atoms with Gasteiger partial charge in [0.2, 0.25) is 0 Å². The quantitative estimate of drug-likeness (QED) is 0.348. The van der Waals surface area contributed by atoms with Crippen LogP contribution in [-0.2, 0) is 9.53 Å². The molecule has 0 saturated heterocycles. The Morgan fingerprint density at radius 1 is 1.39 bits per heavy atom. The molecule has 98 valence electrons. The lowest BCUT2D eigenvalue weighted by molar-refractivity contribution is -0.141. The number of hydrogen-bond acceptors (Lipinski definition) is 4. The third-order valence-corrected chi connectivity index (χ3v) is 3.00. The standard InChI is InChI=1S/C12H12FIO4/c1-3-18-12(16)6-10(15)7-4-9(14)11(17-2)5-8(7)13/h4-5H,3,6H2,1-2H3. The number of carbonyl (C=O) groups is 2. The molecule has 0 aliphatic carbocycles. The van der Waals surface area contributed by atoms with Crippen LogP contribution in [0.2, 0.25) is 0 Å². The van der Waals surface area contributed by atoms with Crippen LogP contribution in [0.25, 0.3) is 0 Å². The molecule has 0 saturated carbocycles. The van der Waals surface area contributed by atoms with Crippen molar-refractivity contribution in [3.8, 4) is 5.75 Å². The van der Waals surface area contributed by atoms with E-state index in [-0.39, 0.29) is 12.2 Å². The van der Waals surface area contributed by atoms with E-state index < -0.39 is 24.0 Å². The summed E-state index contributed by atoms with van der Waals surface area (Å²) in [5.41, 5.74) is -0.131.